The van der Waals surface area contributed by atoms with Crippen LogP contribution in [0.5, 0.6) is 0 Å². The molecule has 0 radical (unpaired) electrons. The van der Waals surface area contributed by atoms with E-state index >= 15 is 0 Å². The number of rotatable bonds is 4. The van der Waals surface area contributed by atoms with Crippen molar-refractivity contribution in [3.63, 3.8) is 0 Å². The number of halogens is 3. The second kappa shape index (κ2) is 7.96. The van der Waals surface area contributed by atoms with E-state index in [1.165, 1.54) is 18.6 Å². The van der Waals surface area contributed by atoms with Gasteiger partial charge in [0.2, 0.25) is 0 Å². The van der Waals surface area contributed by atoms with Crippen LogP contribution >= 0.6 is 0 Å². The molecule has 2 fully saturated rings. The molecule has 0 spiro atoms. The van der Waals surface area contributed by atoms with Crippen molar-refractivity contribution in [2.75, 3.05) is 32.8 Å². The number of nitrogens with zero attached hydrogens (tertiary/aromatic N) is 1. The number of nitrogens with one attached hydrogen (secondary N) is 1. The molecule has 1 N–H and O–H groups in total. The molecule has 1 amide bonds. The van der Waals surface area contributed by atoms with Crippen LogP contribution in [0.25, 0.3) is 0 Å². The standard InChI is InChI=1S/C19H25F3N2O2/c20-19(21,22)16-6-4-5-15(13-16)17(25)23-14-18(7-2-1-3-8-18)24-9-11-26-12-10-24/h4-6,13H,1-3,7-12,14H2,(H,23,25). The van der Waals surface area contributed by atoms with Crippen LogP contribution in [-0.2, 0) is 10.9 Å². The van der Waals surface area contributed by atoms with E-state index in [1.807, 2.05) is 0 Å². The van der Waals surface area contributed by atoms with E-state index in [1.54, 1.807) is 0 Å². The molecule has 0 atom stereocenters. The van der Waals surface area contributed by atoms with Gasteiger partial charge in [0.05, 0.1) is 18.8 Å². The molecule has 4 nitrogen and oxygen atoms in total. The maximum atomic E-state index is 12.9. The molecule has 0 aromatic heterocycles. The lowest BCUT2D eigenvalue weighted by atomic mass is 9.79. The minimum atomic E-state index is -4.45. The zero-order valence-electron chi connectivity index (χ0n) is 14.8. The minimum Gasteiger partial charge on any atom is -0.379 e. The van der Waals surface area contributed by atoms with E-state index < -0.39 is 17.6 Å². The van der Waals surface area contributed by atoms with Gasteiger partial charge in [0.15, 0.2) is 0 Å². The smallest absolute Gasteiger partial charge is 0.379 e. The van der Waals surface area contributed by atoms with Gasteiger partial charge in [0.25, 0.3) is 5.91 Å². The van der Waals surface area contributed by atoms with Crippen LogP contribution < -0.4 is 5.32 Å². The maximum absolute atomic E-state index is 12.9. The van der Waals surface area contributed by atoms with Gasteiger partial charge in [0, 0.05) is 30.7 Å². The molecule has 3 rings (SSSR count). The average Bonchev–Trinajstić information content (AvgIpc) is 2.67. The first-order chi connectivity index (χ1) is 12.4. The van der Waals surface area contributed by atoms with Crippen molar-refractivity contribution in [1.82, 2.24) is 10.2 Å². The van der Waals surface area contributed by atoms with E-state index in [0.29, 0.717) is 19.8 Å². The number of morpholine rings is 1. The number of hydrogen-bond donors (Lipinski definition) is 1. The first-order valence-corrected chi connectivity index (χ1v) is 9.19. The molecule has 1 saturated heterocycles. The third kappa shape index (κ3) is 4.38. The Labute approximate surface area is 151 Å². The Hall–Kier alpha value is -1.60. The highest BCUT2D eigenvalue weighted by Gasteiger charge is 2.39. The first-order valence-electron chi connectivity index (χ1n) is 9.19. The molecule has 2 aliphatic rings. The van der Waals surface area contributed by atoms with Crippen molar-refractivity contribution in [3.05, 3.63) is 35.4 Å². The number of ether oxygens (including phenoxy) is 1. The molecule has 1 aliphatic heterocycles. The Bertz CT molecular complexity index is 621. The Kier molecular flexibility index (Phi) is 5.87. The largest absolute Gasteiger partial charge is 0.416 e. The SMILES string of the molecule is O=C(NCC1(N2CCOCC2)CCCCC1)c1cccc(C(F)(F)F)c1. The van der Waals surface area contributed by atoms with Crippen LogP contribution in [0.1, 0.15) is 48.0 Å². The van der Waals surface area contributed by atoms with Gasteiger partial charge in [-0.3, -0.25) is 9.69 Å². The van der Waals surface area contributed by atoms with Gasteiger partial charge in [-0.05, 0) is 31.0 Å². The van der Waals surface area contributed by atoms with Crippen LogP contribution in [-0.4, -0.2) is 49.2 Å². The monoisotopic (exact) mass is 370 g/mol. The van der Waals surface area contributed by atoms with Gasteiger partial charge in [0.1, 0.15) is 0 Å². The second-order valence-corrected chi connectivity index (χ2v) is 7.15. The lowest BCUT2D eigenvalue weighted by Gasteiger charge is -2.48. The van der Waals surface area contributed by atoms with Crippen molar-refractivity contribution < 1.29 is 22.7 Å². The van der Waals surface area contributed by atoms with E-state index in [2.05, 4.69) is 10.2 Å². The summed E-state index contributed by atoms with van der Waals surface area (Å²) in [6.07, 6.45) is 0.946. The predicted octanol–water partition coefficient (Wildman–Crippen LogP) is 3.47. The van der Waals surface area contributed by atoms with Crippen molar-refractivity contribution in [2.24, 2.45) is 0 Å². The topological polar surface area (TPSA) is 41.6 Å². The highest BCUT2D eigenvalue weighted by Crippen LogP contribution is 2.34. The van der Waals surface area contributed by atoms with E-state index in [0.717, 1.165) is 50.9 Å². The van der Waals surface area contributed by atoms with Gasteiger partial charge in [-0.25, -0.2) is 0 Å². The summed E-state index contributed by atoms with van der Waals surface area (Å²) in [7, 11) is 0. The van der Waals surface area contributed by atoms with Crippen LogP contribution in [0.15, 0.2) is 24.3 Å². The van der Waals surface area contributed by atoms with E-state index in [-0.39, 0.29) is 11.1 Å². The molecule has 0 bridgehead atoms. The summed E-state index contributed by atoms with van der Waals surface area (Å²) in [5.74, 6) is -0.450. The zero-order chi connectivity index (χ0) is 18.6. The summed E-state index contributed by atoms with van der Waals surface area (Å²) in [5.41, 5.74) is -0.863. The molecular weight excluding hydrogens is 345 g/mol. The second-order valence-electron chi connectivity index (χ2n) is 7.15. The fourth-order valence-corrected chi connectivity index (χ4v) is 4.04. The maximum Gasteiger partial charge on any atom is 0.416 e. The Morgan fingerprint density at radius 1 is 1.15 bits per heavy atom. The van der Waals surface area contributed by atoms with Gasteiger partial charge >= 0.3 is 6.18 Å². The van der Waals surface area contributed by atoms with Crippen molar-refractivity contribution >= 4 is 5.91 Å². The summed E-state index contributed by atoms with van der Waals surface area (Å²) >= 11 is 0. The minimum absolute atomic E-state index is 0.0489. The van der Waals surface area contributed by atoms with Crippen molar-refractivity contribution in [1.29, 1.82) is 0 Å². The van der Waals surface area contributed by atoms with Gasteiger partial charge in [-0.15, -0.1) is 0 Å². The molecule has 144 valence electrons. The average molecular weight is 370 g/mol. The zero-order valence-corrected chi connectivity index (χ0v) is 14.8. The van der Waals surface area contributed by atoms with Gasteiger partial charge < -0.3 is 10.1 Å². The predicted molar refractivity (Wildman–Crippen MR) is 92.0 cm³/mol. The van der Waals surface area contributed by atoms with Crippen molar-refractivity contribution in [2.45, 2.75) is 43.8 Å². The fourth-order valence-electron chi connectivity index (χ4n) is 4.04. The number of hydrogen-bond acceptors (Lipinski definition) is 3. The van der Waals surface area contributed by atoms with Gasteiger partial charge in [-0.2, -0.15) is 13.2 Å². The molecule has 1 aromatic carbocycles. The lowest BCUT2D eigenvalue weighted by Crippen LogP contribution is -2.59. The Morgan fingerprint density at radius 3 is 2.50 bits per heavy atom. The van der Waals surface area contributed by atoms with Crippen LogP contribution in [0.4, 0.5) is 13.2 Å². The van der Waals surface area contributed by atoms with Crippen molar-refractivity contribution in [3.8, 4) is 0 Å². The normalized spacial score (nSPS) is 21.3. The first kappa shape index (κ1) is 19.2. The van der Waals surface area contributed by atoms with E-state index in [9.17, 15) is 18.0 Å². The number of alkyl halides is 3. The summed E-state index contributed by atoms with van der Waals surface area (Å²) in [4.78, 5) is 14.9. The molecule has 1 heterocycles. The Balaban J connectivity index is 1.69. The highest BCUT2D eigenvalue weighted by molar-refractivity contribution is 5.94. The number of carbonyl (C=O) groups excluding carboxylic acids is 1. The molecule has 1 aromatic rings. The molecule has 1 saturated carbocycles. The number of carbonyl (C=O) groups is 1. The molecule has 0 unspecified atom stereocenters. The van der Waals surface area contributed by atoms with Crippen LogP contribution in [0, 0.1) is 0 Å². The van der Waals surface area contributed by atoms with Crippen LogP contribution in [0.3, 0.4) is 0 Å². The fraction of sp³-hybridized carbons (Fsp3) is 0.632. The molecule has 1 aliphatic carbocycles. The summed E-state index contributed by atoms with van der Waals surface area (Å²) in [5, 5.41) is 2.90. The summed E-state index contributed by atoms with van der Waals surface area (Å²) in [6, 6.07) is 4.59. The molecular formula is C19H25F3N2O2. The molecule has 26 heavy (non-hydrogen) atoms. The summed E-state index contributed by atoms with van der Waals surface area (Å²) in [6.45, 7) is 3.49. The third-order valence-corrected chi connectivity index (χ3v) is 5.50. The highest BCUT2D eigenvalue weighted by atomic mass is 19.4. The van der Waals surface area contributed by atoms with Crippen LogP contribution in [0.2, 0.25) is 0 Å². The third-order valence-electron chi connectivity index (χ3n) is 5.50. The summed E-state index contributed by atoms with van der Waals surface area (Å²) < 4.78 is 44.0. The Morgan fingerprint density at radius 2 is 1.85 bits per heavy atom. The van der Waals surface area contributed by atoms with E-state index in [4.69, 9.17) is 4.74 Å². The number of amides is 1. The number of benzene rings is 1. The lowest BCUT2D eigenvalue weighted by molar-refractivity contribution is -0.137. The molecule has 7 heteroatoms. The van der Waals surface area contributed by atoms with Gasteiger partial charge in [-0.1, -0.05) is 25.3 Å². The quantitative estimate of drug-likeness (QED) is 0.882.